The van der Waals surface area contributed by atoms with Gasteiger partial charge in [-0.2, -0.15) is 0 Å². The second-order valence-electron chi connectivity index (χ2n) is 4.20. The summed E-state index contributed by atoms with van der Waals surface area (Å²) < 4.78 is 26.0. The zero-order valence-electron chi connectivity index (χ0n) is 10.5. The number of fused-ring (bicyclic) bond motifs is 1. The third kappa shape index (κ3) is 2.89. The van der Waals surface area contributed by atoms with Gasteiger partial charge in [-0.15, -0.1) is 0 Å². The van der Waals surface area contributed by atoms with Gasteiger partial charge in [-0.3, -0.25) is 24.5 Å². The van der Waals surface area contributed by atoms with Crippen molar-refractivity contribution >= 4 is 26.5 Å². The number of benzene rings is 1. The minimum atomic E-state index is -3.61. The van der Waals surface area contributed by atoms with E-state index in [1.54, 1.807) is 0 Å². The van der Waals surface area contributed by atoms with E-state index in [0.29, 0.717) is 6.42 Å². The zero-order chi connectivity index (χ0) is 14.8. The van der Waals surface area contributed by atoms with E-state index in [1.807, 2.05) is 0 Å². The van der Waals surface area contributed by atoms with Crippen LogP contribution >= 0.6 is 0 Å². The highest BCUT2D eigenvalue weighted by Crippen LogP contribution is 2.18. The second kappa shape index (κ2) is 5.47. The summed E-state index contributed by atoms with van der Waals surface area (Å²) in [6.45, 7) is 0.247. The standard InChI is InChI=1S/C11H14N4O4S/c12-5-2-6-20(18,19)15-8-4-1-3-7-9(8)11(17)14-13-10(7)16/h1,3-4,15H,2,5-6,12H2,(H,13,16)(H,14,17). The third-order valence-electron chi connectivity index (χ3n) is 2.71. The second-order valence-corrected chi connectivity index (χ2v) is 6.04. The Hall–Kier alpha value is -2.13. The van der Waals surface area contributed by atoms with Crippen LogP contribution in [0, 0.1) is 0 Å². The number of aromatic amines is 2. The fourth-order valence-electron chi connectivity index (χ4n) is 1.81. The van der Waals surface area contributed by atoms with Crippen molar-refractivity contribution in [3.05, 3.63) is 38.9 Å². The summed E-state index contributed by atoms with van der Waals surface area (Å²) in [7, 11) is -3.61. The van der Waals surface area contributed by atoms with Crippen LogP contribution in [0.5, 0.6) is 0 Å². The lowest BCUT2D eigenvalue weighted by Crippen LogP contribution is -2.23. The van der Waals surface area contributed by atoms with Gasteiger partial charge in [0, 0.05) is 0 Å². The minimum Gasteiger partial charge on any atom is -0.330 e. The fraction of sp³-hybridized carbons (Fsp3) is 0.273. The highest BCUT2D eigenvalue weighted by molar-refractivity contribution is 7.92. The molecule has 0 saturated carbocycles. The van der Waals surface area contributed by atoms with Crippen molar-refractivity contribution in [3.8, 4) is 0 Å². The number of anilines is 1. The Kier molecular flexibility index (Phi) is 3.91. The number of H-pyrrole nitrogens is 2. The molecule has 2 rings (SSSR count). The maximum atomic E-state index is 11.8. The van der Waals surface area contributed by atoms with E-state index in [-0.39, 0.29) is 28.8 Å². The van der Waals surface area contributed by atoms with Crippen molar-refractivity contribution in [2.24, 2.45) is 5.73 Å². The summed E-state index contributed by atoms with van der Waals surface area (Å²) in [6, 6.07) is 4.37. The first-order chi connectivity index (χ1) is 9.44. The largest absolute Gasteiger partial charge is 0.330 e. The van der Waals surface area contributed by atoms with Crippen LogP contribution in [-0.2, 0) is 10.0 Å². The van der Waals surface area contributed by atoms with Crippen molar-refractivity contribution in [2.75, 3.05) is 17.0 Å². The molecule has 9 heteroatoms. The lowest BCUT2D eigenvalue weighted by atomic mass is 10.2. The molecule has 8 nitrogen and oxygen atoms in total. The van der Waals surface area contributed by atoms with Gasteiger partial charge in [-0.05, 0) is 25.1 Å². The van der Waals surface area contributed by atoms with Crippen LogP contribution in [0.15, 0.2) is 27.8 Å². The predicted octanol–water partition coefficient (Wildman–Crippen LogP) is -0.693. The van der Waals surface area contributed by atoms with Crippen LogP contribution < -0.4 is 21.6 Å². The van der Waals surface area contributed by atoms with Crippen molar-refractivity contribution in [3.63, 3.8) is 0 Å². The molecule has 1 aromatic carbocycles. The molecule has 1 aromatic heterocycles. The van der Waals surface area contributed by atoms with Crippen LogP contribution in [0.2, 0.25) is 0 Å². The third-order valence-corrected chi connectivity index (χ3v) is 4.07. The Morgan fingerprint density at radius 2 is 1.85 bits per heavy atom. The minimum absolute atomic E-state index is 0.00701. The van der Waals surface area contributed by atoms with E-state index >= 15 is 0 Å². The van der Waals surface area contributed by atoms with Gasteiger partial charge in [0.15, 0.2) is 0 Å². The Balaban J connectivity index is 2.54. The van der Waals surface area contributed by atoms with E-state index in [4.69, 9.17) is 5.73 Å². The van der Waals surface area contributed by atoms with Gasteiger partial charge < -0.3 is 5.73 Å². The SMILES string of the molecule is NCCCS(=O)(=O)Nc1cccc2c(=O)[nH][nH]c(=O)c12. The molecule has 1 heterocycles. The van der Waals surface area contributed by atoms with E-state index in [9.17, 15) is 18.0 Å². The molecule has 0 saturated heterocycles. The lowest BCUT2D eigenvalue weighted by molar-refractivity contribution is 0.599. The smallest absolute Gasteiger partial charge is 0.272 e. The summed E-state index contributed by atoms with van der Waals surface area (Å²) in [5, 5.41) is 4.47. The highest BCUT2D eigenvalue weighted by atomic mass is 32.2. The molecule has 0 amide bonds. The van der Waals surface area contributed by atoms with E-state index in [0.717, 1.165) is 0 Å². The maximum absolute atomic E-state index is 11.8. The molecule has 2 aromatic rings. The van der Waals surface area contributed by atoms with Gasteiger partial charge in [-0.1, -0.05) is 6.07 Å². The Labute approximate surface area is 114 Å². The van der Waals surface area contributed by atoms with Crippen LogP contribution in [-0.4, -0.2) is 30.9 Å². The van der Waals surface area contributed by atoms with E-state index in [2.05, 4.69) is 14.9 Å². The van der Waals surface area contributed by atoms with Gasteiger partial charge in [-0.25, -0.2) is 8.42 Å². The molecule has 0 atom stereocenters. The highest BCUT2D eigenvalue weighted by Gasteiger charge is 2.14. The van der Waals surface area contributed by atoms with Crippen LogP contribution in [0.3, 0.4) is 0 Å². The van der Waals surface area contributed by atoms with Crippen molar-refractivity contribution < 1.29 is 8.42 Å². The van der Waals surface area contributed by atoms with Crippen LogP contribution in [0.1, 0.15) is 6.42 Å². The van der Waals surface area contributed by atoms with Crippen LogP contribution in [0.4, 0.5) is 5.69 Å². The molecule has 0 unspecified atom stereocenters. The number of rotatable bonds is 5. The summed E-state index contributed by atoms with van der Waals surface area (Å²) in [4.78, 5) is 23.4. The van der Waals surface area contributed by atoms with Gasteiger partial charge >= 0.3 is 0 Å². The van der Waals surface area contributed by atoms with E-state index < -0.39 is 21.1 Å². The Morgan fingerprint density at radius 3 is 2.55 bits per heavy atom. The molecule has 0 bridgehead atoms. The first-order valence-electron chi connectivity index (χ1n) is 5.89. The number of hydrogen-bond acceptors (Lipinski definition) is 5. The molecular weight excluding hydrogens is 284 g/mol. The molecule has 5 N–H and O–H groups in total. The number of hydrogen-bond donors (Lipinski definition) is 4. The molecule has 0 aliphatic rings. The number of nitrogens with two attached hydrogens (primary N) is 1. The summed E-state index contributed by atoms with van der Waals surface area (Å²) >= 11 is 0. The number of aromatic nitrogens is 2. The molecule has 0 spiro atoms. The molecular formula is C11H14N4O4S. The monoisotopic (exact) mass is 298 g/mol. The van der Waals surface area contributed by atoms with Crippen molar-refractivity contribution in [2.45, 2.75) is 6.42 Å². The zero-order valence-corrected chi connectivity index (χ0v) is 11.3. The Morgan fingerprint density at radius 1 is 1.15 bits per heavy atom. The van der Waals surface area contributed by atoms with Crippen molar-refractivity contribution in [1.29, 1.82) is 0 Å². The van der Waals surface area contributed by atoms with Gasteiger partial charge in [0.2, 0.25) is 10.0 Å². The topological polar surface area (TPSA) is 138 Å². The quantitative estimate of drug-likeness (QED) is 0.578. The molecule has 108 valence electrons. The first kappa shape index (κ1) is 14.3. The number of sulfonamides is 1. The van der Waals surface area contributed by atoms with Gasteiger partial charge in [0.1, 0.15) is 0 Å². The van der Waals surface area contributed by atoms with E-state index in [1.165, 1.54) is 18.2 Å². The normalized spacial score (nSPS) is 11.7. The molecule has 0 aliphatic heterocycles. The predicted molar refractivity (Wildman–Crippen MR) is 76.3 cm³/mol. The average molecular weight is 298 g/mol. The Bertz CT molecular complexity index is 837. The van der Waals surface area contributed by atoms with Gasteiger partial charge in [0.05, 0.1) is 22.2 Å². The number of nitrogens with one attached hydrogen (secondary N) is 3. The molecule has 0 aliphatic carbocycles. The molecule has 20 heavy (non-hydrogen) atoms. The first-order valence-corrected chi connectivity index (χ1v) is 7.54. The lowest BCUT2D eigenvalue weighted by Gasteiger charge is -2.09. The average Bonchev–Trinajstić information content (AvgIpc) is 2.40. The molecule has 0 radical (unpaired) electrons. The van der Waals surface area contributed by atoms with Crippen molar-refractivity contribution in [1.82, 2.24) is 10.2 Å². The summed E-state index contributed by atoms with van der Waals surface area (Å²) in [5.74, 6) is -0.152. The summed E-state index contributed by atoms with van der Waals surface area (Å²) in [5.41, 5.74) is 4.28. The maximum Gasteiger partial charge on any atom is 0.272 e. The molecule has 0 fully saturated rings. The fourth-order valence-corrected chi connectivity index (χ4v) is 2.96. The van der Waals surface area contributed by atoms with Crippen LogP contribution in [0.25, 0.3) is 10.8 Å². The van der Waals surface area contributed by atoms with Gasteiger partial charge in [0.25, 0.3) is 11.1 Å². The summed E-state index contributed by atoms with van der Waals surface area (Å²) in [6.07, 6.45) is 0.303.